The minimum Gasteiger partial charge on any atom is -0.487 e. The van der Waals surface area contributed by atoms with Gasteiger partial charge in [0.15, 0.2) is 0 Å². The van der Waals surface area contributed by atoms with Crippen molar-refractivity contribution in [1.29, 1.82) is 0 Å². The molecular weight excluding hydrogens is 360 g/mol. The molecule has 1 aromatic heterocycles. The summed E-state index contributed by atoms with van der Waals surface area (Å²) in [6, 6.07) is 21.3. The Morgan fingerprint density at radius 1 is 1.00 bits per heavy atom. The van der Waals surface area contributed by atoms with E-state index in [-0.39, 0.29) is 17.4 Å². The number of ether oxygens (including phenoxy) is 1. The van der Waals surface area contributed by atoms with E-state index in [1.165, 1.54) is 5.56 Å². The van der Waals surface area contributed by atoms with Crippen LogP contribution in [0.25, 0.3) is 0 Å². The number of benzene rings is 2. The molecule has 0 fully saturated rings. The lowest BCUT2D eigenvalue weighted by Crippen LogP contribution is -2.27. The molecule has 3 aromatic rings. The molecule has 29 heavy (non-hydrogen) atoms. The van der Waals surface area contributed by atoms with Gasteiger partial charge in [-0.05, 0) is 47.7 Å². The van der Waals surface area contributed by atoms with Gasteiger partial charge in [-0.25, -0.2) is 0 Å². The fourth-order valence-electron chi connectivity index (χ4n) is 2.95. The molecule has 4 nitrogen and oxygen atoms in total. The average Bonchev–Trinajstić information content (AvgIpc) is 2.73. The van der Waals surface area contributed by atoms with Crippen LogP contribution in [0, 0.1) is 0 Å². The van der Waals surface area contributed by atoms with E-state index >= 15 is 0 Å². The second-order valence-electron chi connectivity index (χ2n) is 8.22. The number of nitrogens with one attached hydrogen (secondary N) is 1. The summed E-state index contributed by atoms with van der Waals surface area (Å²) in [4.78, 5) is 17.0. The Morgan fingerprint density at radius 2 is 1.69 bits per heavy atom. The Kier molecular flexibility index (Phi) is 6.32. The van der Waals surface area contributed by atoms with Crippen LogP contribution in [0.1, 0.15) is 60.9 Å². The third kappa shape index (κ3) is 5.67. The molecule has 0 radical (unpaired) electrons. The molecule has 0 aliphatic rings. The normalized spacial score (nSPS) is 12.3. The highest BCUT2D eigenvalue weighted by atomic mass is 16.5. The largest absolute Gasteiger partial charge is 0.487 e. The van der Waals surface area contributed by atoms with Crippen molar-refractivity contribution in [3.8, 4) is 5.75 Å². The molecule has 0 saturated carbocycles. The van der Waals surface area contributed by atoms with Crippen LogP contribution < -0.4 is 10.1 Å². The van der Waals surface area contributed by atoms with Crippen LogP contribution in [0.4, 0.5) is 0 Å². The molecule has 3 rings (SSSR count). The molecule has 4 heteroatoms. The van der Waals surface area contributed by atoms with Gasteiger partial charge in [0.2, 0.25) is 0 Å². The molecule has 1 N–H and O–H groups in total. The van der Waals surface area contributed by atoms with Gasteiger partial charge in [-0.3, -0.25) is 9.78 Å². The molecule has 150 valence electrons. The van der Waals surface area contributed by atoms with Gasteiger partial charge in [-0.2, -0.15) is 0 Å². The smallest absolute Gasteiger partial charge is 0.251 e. The summed E-state index contributed by atoms with van der Waals surface area (Å²) in [7, 11) is 0. The van der Waals surface area contributed by atoms with Gasteiger partial charge in [-0.15, -0.1) is 0 Å². The van der Waals surface area contributed by atoms with Gasteiger partial charge >= 0.3 is 0 Å². The fraction of sp³-hybridized carbons (Fsp3) is 0.280. The van der Waals surface area contributed by atoms with E-state index in [1.807, 2.05) is 73.7 Å². The minimum absolute atomic E-state index is 0.0660. The molecule has 2 aromatic carbocycles. The zero-order valence-corrected chi connectivity index (χ0v) is 17.5. The zero-order chi connectivity index (χ0) is 20.9. The molecular formula is C25H28N2O2. The summed E-state index contributed by atoms with van der Waals surface area (Å²) < 4.78 is 5.77. The number of amides is 1. The van der Waals surface area contributed by atoms with Gasteiger partial charge < -0.3 is 10.1 Å². The van der Waals surface area contributed by atoms with Crippen LogP contribution in [-0.2, 0) is 12.0 Å². The molecule has 0 bridgehead atoms. The van der Waals surface area contributed by atoms with E-state index in [2.05, 4.69) is 31.1 Å². The summed E-state index contributed by atoms with van der Waals surface area (Å²) >= 11 is 0. The second kappa shape index (κ2) is 8.91. The van der Waals surface area contributed by atoms with Crippen molar-refractivity contribution in [2.45, 2.75) is 45.8 Å². The number of hydrogen-bond donors (Lipinski definition) is 1. The molecule has 0 aliphatic heterocycles. The molecule has 1 heterocycles. The van der Waals surface area contributed by atoms with Crippen LogP contribution >= 0.6 is 0 Å². The first-order valence-electron chi connectivity index (χ1n) is 9.87. The van der Waals surface area contributed by atoms with Crippen LogP contribution in [0.5, 0.6) is 5.75 Å². The Bertz CT molecular complexity index is 927. The van der Waals surface area contributed by atoms with Crippen molar-refractivity contribution in [3.63, 3.8) is 0 Å². The van der Waals surface area contributed by atoms with Crippen LogP contribution in [0.2, 0.25) is 0 Å². The van der Waals surface area contributed by atoms with Crippen molar-refractivity contribution in [1.82, 2.24) is 10.3 Å². The molecule has 1 amide bonds. The van der Waals surface area contributed by atoms with Gasteiger partial charge in [0.25, 0.3) is 5.91 Å². The van der Waals surface area contributed by atoms with E-state index in [0.29, 0.717) is 17.9 Å². The van der Waals surface area contributed by atoms with Crippen LogP contribution in [0.15, 0.2) is 72.9 Å². The van der Waals surface area contributed by atoms with Crippen LogP contribution in [-0.4, -0.2) is 10.9 Å². The first-order chi connectivity index (χ1) is 13.8. The maximum atomic E-state index is 12.6. The highest BCUT2D eigenvalue weighted by Crippen LogP contribution is 2.22. The first-order valence-corrected chi connectivity index (χ1v) is 9.87. The molecule has 0 spiro atoms. The Balaban J connectivity index is 1.57. The predicted octanol–water partition coefficient (Wildman–Crippen LogP) is 5.45. The lowest BCUT2D eigenvalue weighted by molar-refractivity contribution is 0.0939. The number of carbonyl (C=O) groups excluding carboxylic acids is 1. The quantitative estimate of drug-likeness (QED) is 0.611. The third-order valence-electron chi connectivity index (χ3n) is 4.81. The van der Waals surface area contributed by atoms with Gasteiger partial charge in [0.1, 0.15) is 12.4 Å². The van der Waals surface area contributed by atoms with Gasteiger partial charge in [0, 0.05) is 5.56 Å². The van der Waals surface area contributed by atoms with Crippen molar-refractivity contribution >= 4 is 5.91 Å². The summed E-state index contributed by atoms with van der Waals surface area (Å²) in [6.45, 7) is 8.89. The SMILES string of the molecule is CC(NC(=O)c1ccc(C(C)(C)C)cc1)c1ccc(OCc2ccccc2)cn1. The Hall–Kier alpha value is -3.14. The monoisotopic (exact) mass is 388 g/mol. The number of rotatable bonds is 6. The predicted molar refractivity (Wildman–Crippen MR) is 116 cm³/mol. The minimum atomic E-state index is -0.201. The van der Waals surface area contributed by atoms with Crippen LogP contribution in [0.3, 0.4) is 0 Å². The Morgan fingerprint density at radius 3 is 2.28 bits per heavy atom. The van der Waals surface area contributed by atoms with E-state index in [0.717, 1.165) is 11.3 Å². The summed E-state index contributed by atoms with van der Waals surface area (Å²) in [5.41, 5.74) is 3.81. The van der Waals surface area contributed by atoms with E-state index in [4.69, 9.17) is 4.74 Å². The van der Waals surface area contributed by atoms with Gasteiger partial charge in [0.05, 0.1) is 17.9 Å². The number of carbonyl (C=O) groups is 1. The van der Waals surface area contributed by atoms with Crippen molar-refractivity contribution in [3.05, 3.63) is 95.3 Å². The maximum Gasteiger partial charge on any atom is 0.251 e. The van der Waals surface area contributed by atoms with E-state index in [9.17, 15) is 4.79 Å². The summed E-state index contributed by atoms with van der Waals surface area (Å²) in [5, 5.41) is 3.01. The fourth-order valence-corrected chi connectivity index (χ4v) is 2.95. The number of pyridine rings is 1. The molecule has 1 unspecified atom stereocenters. The first kappa shape index (κ1) is 20.6. The summed E-state index contributed by atoms with van der Waals surface area (Å²) in [6.07, 6.45) is 1.69. The molecule has 0 saturated heterocycles. The lowest BCUT2D eigenvalue weighted by Gasteiger charge is -2.19. The third-order valence-corrected chi connectivity index (χ3v) is 4.81. The van der Waals surface area contributed by atoms with Crippen molar-refractivity contribution in [2.24, 2.45) is 0 Å². The van der Waals surface area contributed by atoms with Crippen molar-refractivity contribution in [2.75, 3.05) is 0 Å². The average molecular weight is 389 g/mol. The highest BCUT2D eigenvalue weighted by Gasteiger charge is 2.16. The Labute approximate surface area is 173 Å². The number of hydrogen-bond acceptors (Lipinski definition) is 3. The van der Waals surface area contributed by atoms with E-state index < -0.39 is 0 Å². The zero-order valence-electron chi connectivity index (χ0n) is 17.5. The number of aromatic nitrogens is 1. The molecule has 0 aliphatic carbocycles. The van der Waals surface area contributed by atoms with E-state index in [1.54, 1.807) is 6.20 Å². The molecule has 1 atom stereocenters. The maximum absolute atomic E-state index is 12.6. The lowest BCUT2D eigenvalue weighted by atomic mass is 9.86. The second-order valence-corrected chi connectivity index (χ2v) is 8.22. The van der Waals surface area contributed by atoms with Crippen molar-refractivity contribution < 1.29 is 9.53 Å². The standard InChI is InChI=1S/C25H28N2O2/c1-18(27-24(28)20-10-12-21(13-11-20)25(2,3)4)23-15-14-22(16-26-23)29-17-19-8-6-5-7-9-19/h5-16,18H,17H2,1-4H3,(H,27,28). The van der Waals surface area contributed by atoms with Gasteiger partial charge in [-0.1, -0.05) is 63.2 Å². The topological polar surface area (TPSA) is 51.2 Å². The summed E-state index contributed by atoms with van der Waals surface area (Å²) in [5.74, 6) is 0.595. The highest BCUT2D eigenvalue weighted by molar-refractivity contribution is 5.94. The number of nitrogens with zero attached hydrogens (tertiary/aromatic N) is 1.